The van der Waals surface area contributed by atoms with Gasteiger partial charge in [-0.25, -0.2) is 0 Å². The molecule has 1 aromatic heterocycles. The highest BCUT2D eigenvalue weighted by atomic mass is 16.2. The van der Waals surface area contributed by atoms with Gasteiger partial charge in [-0.3, -0.25) is 15.2 Å². The molecule has 0 aromatic carbocycles. The predicted molar refractivity (Wildman–Crippen MR) is 74.7 cm³/mol. The molecule has 1 saturated carbocycles. The summed E-state index contributed by atoms with van der Waals surface area (Å²) in [6, 6.07) is 0. The molecule has 2 rings (SSSR count). The molecule has 0 unspecified atom stereocenters. The summed E-state index contributed by atoms with van der Waals surface area (Å²) in [4.78, 5) is 16.2. The van der Waals surface area contributed by atoms with Crippen molar-refractivity contribution in [1.29, 1.82) is 0 Å². The van der Waals surface area contributed by atoms with E-state index in [1.165, 1.54) is 32.1 Å². The fourth-order valence-corrected chi connectivity index (χ4v) is 2.82. The lowest BCUT2D eigenvalue weighted by atomic mass is 9.79. The summed E-state index contributed by atoms with van der Waals surface area (Å²) in [6.45, 7) is 4.06. The van der Waals surface area contributed by atoms with Crippen molar-refractivity contribution in [2.24, 2.45) is 11.8 Å². The first-order valence-corrected chi connectivity index (χ1v) is 7.39. The van der Waals surface area contributed by atoms with Crippen LogP contribution in [0.5, 0.6) is 0 Å². The summed E-state index contributed by atoms with van der Waals surface area (Å²) in [5, 5.41) is 9.47. The number of rotatable bonds is 5. The number of aromatic amines is 1. The monoisotopic (exact) mass is 264 g/mol. The Labute approximate surface area is 114 Å². The summed E-state index contributed by atoms with van der Waals surface area (Å²) in [6.07, 6.45) is 8.29. The van der Waals surface area contributed by atoms with E-state index in [0.29, 0.717) is 5.95 Å². The molecule has 1 amide bonds. The number of carbonyl (C=O) groups excluding carboxylic acids is 1. The molecular formula is C14H24N4O. The lowest BCUT2D eigenvalue weighted by molar-refractivity contribution is -0.121. The Bertz CT molecular complexity index is 407. The van der Waals surface area contributed by atoms with Gasteiger partial charge in [-0.1, -0.05) is 26.2 Å². The topological polar surface area (TPSA) is 70.7 Å². The molecule has 19 heavy (non-hydrogen) atoms. The fraction of sp³-hybridized carbons (Fsp3) is 0.786. The average molecular weight is 264 g/mol. The molecule has 5 heteroatoms. The normalized spacial score (nSPS) is 23.3. The van der Waals surface area contributed by atoms with Crippen molar-refractivity contribution in [3.05, 3.63) is 5.82 Å². The molecular weight excluding hydrogens is 240 g/mol. The maximum atomic E-state index is 12.1. The van der Waals surface area contributed by atoms with E-state index in [1.807, 2.05) is 6.92 Å². The van der Waals surface area contributed by atoms with Crippen LogP contribution in [0.25, 0.3) is 0 Å². The third-order valence-electron chi connectivity index (χ3n) is 4.02. The largest absolute Gasteiger partial charge is 0.293 e. The van der Waals surface area contributed by atoms with Gasteiger partial charge in [-0.2, -0.15) is 4.98 Å². The van der Waals surface area contributed by atoms with Gasteiger partial charge in [-0.15, -0.1) is 5.10 Å². The van der Waals surface area contributed by atoms with Crippen molar-refractivity contribution < 1.29 is 4.79 Å². The van der Waals surface area contributed by atoms with E-state index in [9.17, 15) is 4.79 Å². The minimum atomic E-state index is 0.0768. The van der Waals surface area contributed by atoms with Crippen LogP contribution in [0.3, 0.4) is 0 Å². The molecule has 1 aliphatic carbocycles. The van der Waals surface area contributed by atoms with Crippen molar-refractivity contribution >= 4 is 11.9 Å². The number of H-pyrrole nitrogens is 1. The van der Waals surface area contributed by atoms with Gasteiger partial charge in [-0.05, 0) is 38.5 Å². The number of aryl methyl sites for hydroxylation is 1. The van der Waals surface area contributed by atoms with Gasteiger partial charge in [0, 0.05) is 5.92 Å². The van der Waals surface area contributed by atoms with Gasteiger partial charge in [0.15, 0.2) is 0 Å². The zero-order valence-corrected chi connectivity index (χ0v) is 11.9. The van der Waals surface area contributed by atoms with Gasteiger partial charge in [0.05, 0.1) is 0 Å². The first kappa shape index (κ1) is 14.0. The number of anilines is 1. The summed E-state index contributed by atoms with van der Waals surface area (Å²) in [7, 11) is 0. The van der Waals surface area contributed by atoms with Crippen molar-refractivity contribution in [3.63, 3.8) is 0 Å². The molecule has 0 radical (unpaired) electrons. The van der Waals surface area contributed by atoms with Crippen LogP contribution in [-0.2, 0) is 4.79 Å². The number of aromatic nitrogens is 3. The molecule has 2 N–H and O–H groups in total. The number of nitrogens with zero attached hydrogens (tertiary/aromatic N) is 2. The smallest absolute Gasteiger partial charge is 0.248 e. The van der Waals surface area contributed by atoms with Crippen LogP contribution < -0.4 is 5.32 Å². The Morgan fingerprint density at radius 1 is 1.37 bits per heavy atom. The Morgan fingerprint density at radius 3 is 2.68 bits per heavy atom. The van der Waals surface area contributed by atoms with Crippen molar-refractivity contribution in [3.8, 4) is 0 Å². The second-order valence-corrected chi connectivity index (χ2v) is 5.59. The highest BCUT2D eigenvalue weighted by Crippen LogP contribution is 2.32. The number of unbranched alkanes of at least 4 members (excludes halogenated alkanes) is 1. The standard InChI is InChI=1S/C14H24N4O/c1-3-4-5-11-6-8-12(9-7-11)13(19)16-14-15-10(2)17-18-14/h11-12H,3-9H2,1-2H3,(H2,15,16,17,18,19). The first-order chi connectivity index (χ1) is 9.19. The number of hydrogen-bond acceptors (Lipinski definition) is 3. The number of nitrogens with one attached hydrogen (secondary N) is 2. The molecule has 0 aliphatic heterocycles. The first-order valence-electron chi connectivity index (χ1n) is 7.39. The van der Waals surface area contributed by atoms with Crippen molar-refractivity contribution in [1.82, 2.24) is 15.2 Å². The van der Waals surface area contributed by atoms with Crippen molar-refractivity contribution in [2.75, 3.05) is 5.32 Å². The lowest BCUT2D eigenvalue weighted by Crippen LogP contribution is -2.27. The lowest BCUT2D eigenvalue weighted by Gasteiger charge is -2.27. The minimum Gasteiger partial charge on any atom is -0.293 e. The number of hydrogen-bond donors (Lipinski definition) is 2. The van der Waals surface area contributed by atoms with E-state index in [2.05, 4.69) is 27.4 Å². The third-order valence-corrected chi connectivity index (χ3v) is 4.02. The zero-order valence-electron chi connectivity index (χ0n) is 11.9. The van der Waals surface area contributed by atoms with E-state index in [1.54, 1.807) is 0 Å². The minimum absolute atomic E-state index is 0.0768. The van der Waals surface area contributed by atoms with E-state index >= 15 is 0 Å². The molecule has 1 fully saturated rings. The summed E-state index contributed by atoms with van der Waals surface area (Å²) in [5.74, 6) is 2.16. The van der Waals surface area contributed by atoms with Gasteiger partial charge in [0.1, 0.15) is 5.82 Å². The predicted octanol–water partition coefficient (Wildman–Crippen LogP) is 3.05. The van der Waals surface area contributed by atoms with Gasteiger partial charge in [0.25, 0.3) is 0 Å². The fourth-order valence-electron chi connectivity index (χ4n) is 2.82. The van der Waals surface area contributed by atoms with Crippen molar-refractivity contribution in [2.45, 2.75) is 58.8 Å². The molecule has 106 valence electrons. The summed E-state index contributed by atoms with van der Waals surface area (Å²) < 4.78 is 0. The Morgan fingerprint density at radius 2 is 2.11 bits per heavy atom. The summed E-state index contributed by atoms with van der Waals surface area (Å²) in [5.41, 5.74) is 0. The Hall–Kier alpha value is -1.39. The van der Waals surface area contributed by atoms with E-state index < -0.39 is 0 Å². The quantitative estimate of drug-likeness (QED) is 0.858. The van der Waals surface area contributed by atoms with Crippen LogP contribution in [-0.4, -0.2) is 21.1 Å². The van der Waals surface area contributed by atoms with E-state index in [0.717, 1.165) is 24.6 Å². The van der Waals surface area contributed by atoms with Crippen LogP contribution >= 0.6 is 0 Å². The van der Waals surface area contributed by atoms with Crippen LogP contribution in [0.4, 0.5) is 5.95 Å². The maximum absolute atomic E-state index is 12.1. The number of amides is 1. The Balaban J connectivity index is 1.76. The third kappa shape index (κ3) is 4.04. The highest BCUT2D eigenvalue weighted by Gasteiger charge is 2.26. The SMILES string of the molecule is CCCCC1CCC(C(=O)Nc2n[nH]c(C)n2)CC1. The second kappa shape index (κ2) is 6.68. The van der Waals surface area contributed by atoms with E-state index in [-0.39, 0.29) is 11.8 Å². The molecule has 1 aromatic rings. The van der Waals surface area contributed by atoms with Crippen LogP contribution in [0.15, 0.2) is 0 Å². The number of carbonyl (C=O) groups is 1. The zero-order chi connectivity index (χ0) is 13.7. The second-order valence-electron chi connectivity index (χ2n) is 5.59. The van der Waals surface area contributed by atoms with E-state index in [4.69, 9.17) is 0 Å². The van der Waals surface area contributed by atoms with Gasteiger partial charge >= 0.3 is 0 Å². The molecule has 0 saturated heterocycles. The van der Waals surface area contributed by atoms with Gasteiger partial charge < -0.3 is 0 Å². The van der Waals surface area contributed by atoms with Crippen LogP contribution in [0, 0.1) is 18.8 Å². The average Bonchev–Trinajstić information content (AvgIpc) is 2.82. The maximum Gasteiger partial charge on any atom is 0.248 e. The summed E-state index contributed by atoms with van der Waals surface area (Å²) >= 11 is 0. The molecule has 1 heterocycles. The molecule has 0 atom stereocenters. The molecule has 0 bridgehead atoms. The molecule has 1 aliphatic rings. The Kier molecular flexibility index (Phi) is 4.93. The molecule has 5 nitrogen and oxygen atoms in total. The highest BCUT2D eigenvalue weighted by molar-refractivity contribution is 5.90. The van der Waals surface area contributed by atoms with Crippen LogP contribution in [0.1, 0.15) is 57.7 Å². The van der Waals surface area contributed by atoms with Gasteiger partial charge in [0.2, 0.25) is 11.9 Å². The van der Waals surface area contributed by atoms with Crippen LogP contribution in [0.2, 0.25) is 0 Å². The molecule has 0 spiro atoms.